The summed E-state index contributed by atoms with van der Waals surface area (Å²) in [6.07, 6.45) is 4.19. The Balaban J connectivity index is 1.49. The minimum Gasteiger partial charge on any atom is -0.394 e. The van der Waals surface area contributed by atoms with Gasteiger partial charge in [0.05, 0.1) is 18.1 Å². The third kappa shape index (κ3) is 3.11. The minimum absolute atomic E-state index is 0.0151. The molecule has 0 radical (unpaired) electrons. The number of benzene rings is 2. The standard InChI is InChI=1S/C21H21ClN2O2/c22-16-7-5-15(6-8-16)21(9-10-21)20(26)24-17(13-25)11-14-12-23-19-4-2-1-3-18(14)19/h1-8,12,17,23,25H,9-11,13H2,(H,24,26)/t17-/m0/s1. The highest BCUT2D eigenvalue weighted by molar-refractivity contribution is 6.30. The number of aromatic nitrogens is 1. The van der Waals surface area contributed by atoms with Gasteiger partial charge in [-0.05, 0) is 48.6 Å². The van der Waals surface area contributed by atoms with Crippen LogP contribution < -0.4 is 5.32 Å². The van der Waals surface area contributed by atoms with Crippen LogP contribution in [-0.2, 0) is 16.6 Å². The number of fused-ring (bicyclic) bond motifs is 1. The first-order chi connectivity index (χ1) is 12.6. The number of halogens is 1. The lowest BCUT2D eigenvalue weighted by molar-refractivity contribution is -0.124. The van der Waals surface area contributed by atoms with E-state index in [0.717, 1.165) is 34.9 Å². The van der Waals surface area contributed by atoms with E-state index < -0.39 is 5.41 Å². The van der Waals surface area contributed by atoms with E-state index in [1.165, 1.54) is 0 Å². The van der Waals surface area contributed by atoms with E-state index in [0.29, 0.717) is 11.4 Å². The van der Waals surface area contributed by atoms with E-state index in [4.69, 9.17) is 11.6 Å². The van der Waals surface area contributed by atoms with Crippen molar-refractivity contribution in [2.45, 2.75) is 30.7 Å². The van der Waals surface area contributed by atoms with Crippen LogP contribution in [0, 0.1) is 0 Å². The molecule has 2 aromatic carbocycles. The molecule has 1 atom stereocenters. The number of rotatable bonds is 6. The quantitative estimate of drug-likeness (QED) is 0.622. The van der Waals surface area contributed by atoms with Gasteiger partial charge >= 0.3 is 0 Å². The molecule has 0 saturated heterocycles. The summed E-state index contributed by atoms with van der Waals surface area (Å²) in [5.41, 5.74) is 2.67. The second-order valence-electron chi connectivity index (χ2n) is 7.01. The number of carbonyl (C=O) groups is 1. The fourth-order valence-corrected chi connectivity index (χ4v) is 3.72. The van der Waals surface area contributed by atoms with Crippen molar-refractivity contribution in [3.8, 4) is 0 Å². The Morgan fingerprint density at radius 2 is 1.92 bits per heavy atom. The first-order valence-electron chi connectivity index (χ1n) is 8.85. The Morgan fingerprint density at radius 1 is 1.19 bits per heavy atom. The van der Waals surface area contributed by atoms with Crippen molar-refractivity contribution in [1.29, 1.82) is 0 Å². The van der Waals surface area contributed by atoms with Gasteiger partial charge in [-0.1, -0.05) is 41.9 Å². The number of amides is 1. The molecule has 0 aliphatic heterocycles. The van der Waals surface area contributed by atoms with Gasteiger partial charge in [-0.15, -0.1) is 0 Å². The molecule has 0 unspecified atom stereocenters. The molecule has 3 aromatic rings. The van der Waals surface area contributed by atoms with Crippen LogP contribution in [0.5, 0.6) is 0 Å². The Morgan fingerprint density at radius 3 is 2.62 bits per heavy atom. The highest BCUT2D eigenvalue weighted by Gasteiger charge is 2.51. The van der Waals surface area contributed by atoms with Crippen LogP contribution in [0.1, 0.15) is 24.0 Å². The Bertz CT molecular complexity index is 929. The zero-order valence-corrected chi connectivity index (χ0v) is 15.1. The lowest BCUT2D eigenvalue weighted by Gasteiger charge is -2.21. The van der Waals surface area contributed by atoms with E-state index in [1.54, 1.807) is 0 Å². The fourth-order valence-electron chi connectivity index (χ4n) is 3.59. The summed E-state index contributed by atoms with van der Waals surface area (Å²) in [4.78, 5) is 16.1. The lowest BCUT2D eigenvalue weighted by Crippen LogP contribution is -2.44. The second-order valence-corrected chi connectivity index (χ2v) is 7.44. The number of nitrogens with one attached hydrogen (secondary N) is 2. The second kappa shape index (κ2) is 6.78. The van der Waals surface area contributed by atoms with Gasteiger partial charge in [-0.2, -0.15) is 0 Å². The number of hydrogen-bond acceptors (Lipinski definition) is 2. The highest BCUT2D eigenvalue weighted by atomic mass is 35.5. The van der Waals surface area contributed by atoms with Gasteiger partial charge < -0.3 is 15.4 Å². The number of para-hydroxylation sites is 1. The summed E-state index contributed by atoms with van der Waals surface area (Å²) in [5, 5.41) is 14.6. The Labute approximate surface area is 157 Å². The van der Waals surface area contributed by atoms with Crippen molar-refractivity contribution in [2.75, 3.05) is 6.61 Å². The minimum atomic E-state index is -0.474. The van der Waals surface area contributed by atoms with Crippen LogP contribution in [-0.4, -0.2) is 28.6 Å². The number of H-pyrrole nitrogens is 1. The van der Waals surface area contributed by atoms with Gasteiger partial charge in [-0.3, -0.25) is 4.79 Å². The van der Waals surface area contributed by atoms with Crippen LogP contribution >= 0.6 is 11.6 Å². The van der Waals surface area contributed by atoms with Crippen LogP contribution in [0.4, 0.5) is 0 Å². The predicted molar refractivity (Wildman–Crippen MR) is 103 cm³/mol. The summed E-state index contributed by atoms with van der Waals surface area (Å²) in [6.45, 7) is -0.0953. The maximum Gasteiger partial charge on any atom is 0.230 e. The number of aliphatic hydroxyl groups excluding tert-OH is 1. The average molecular weight is 369 g/mol. The van der Waals surface area contributed by atoms with Gasteiger partial charge in [0, 0.05) is 22.1 Å². The molecule has 0 bridgehead atoms. The van der Waals surface area contributed by atoms with E-state index in [9.17, 15) is 9.90 Å². The smallest absolute Gasteiger partial charge is 0.230 e. The molecule has 1 fully saturated rings. The molecule has 1 aliphatic carbocycles. The first-order valence-corrected chi connectivity index (χ1v) is 9.23. The van der Waals surface area contributed by atoms with Crippen molar-refractivity contribution >= 4 is 28.4 Å². The monoisotopic (exact) mass is 368 g/mol. The van der Waals surface area contributed by atoms with Crippen LogP contribution in [0.2, 0.25) is 5.02 Å². The maximum absolute atomic E-state index is 12.9. The van der Waals surface area contributed by atoms with E-state index in [1.807, 2.05) is 54.7 Å². The third-order valence-corrected chi connectivity index (χ3v) is 5.53. The van der Waals surface area contributed by atoms with Gasteiger partial charge in [0.2, 0.25) is 5.91 Å². The molecule has 1 aromatic heterocycles. The van der Waals surface area contributed by atoms with E-state index in [-0.39, 0.29) is 18.6 Å². The number of aliphatic hydroxyl groups is 1. The largest absolute Gasteiger partial charge is 0.394 e. The zero-order valence-electron chi connectivity index (χ0n) is 14.3. The fraction of sp³-hybridized carbons (Fsp3) is 0.286. The number of aromatic amines is 1. The summed E-state index contributed by atoms with van der Waals surface area (Å²) >= 11 is 5.96. The third-order valence-electron chi connectivity index (χ3n) is 5.28. The Hall–Kier alpha value is -2.30. The van der Waals surface area contributed by atoms with E-state index >= 15 is 0 Å². The molecule has 1 heterocycles. The maximum atomic E-state index is 12.9. The molecule has 26 heavy (non-hydrogen) atoms. The molecule has 1 aliphatic rings. The Kier molecular flexibility index (Phi) is 4.47. The van der Waals surface area contributed by atoms with Gasteiger partial charge in [-0.25, -0.2) is 0 Å². The molecular formula is C21H21ClN2O2. The summed E-state index contributed by atoms with van der Waals surface area (Å²) in [5.74, 6) is -0.0151. The van der Waals surface area contributed by atoms with Gasteiger partial charge in [0.1, 0.15) is 0 Å². The van der Waals surface area contributed by atoms with Crippen molar-refractivity contribution < 1.29 is 9.90 Å². The van der Waals surface area contributed by atoms with Crippen LogP contribution in [0.25, 0.3) is 10.9 Å². The van der Waals surface area contributed by atoms with Crippen molar-refractivity contribution in [2.24, 2.45) is 0 Å². The normalized spacial score (nSPS) is 16.4. The van der Waals surface area contributed by atoms with Gasteiger partial charge in [0.25, 0.3) is 0 Å². The molecule has 0 spiro atoms. The molecule has 1 saturated carbocycles. The van der Waals surface area contributed by atoms with Crippen molar-refractivity contribution in [3.63, 3.8) is 0 Å². The summed E-state index contributed by atoms with van der Waals surface area (Å²) in [7, 11) is 0. The molecule has 1 amide bonds. The molecular weight excluding hydrogens is 348 g/mol. The molecule has 4 nitrogen and oxygen atoms in total. The van der Waals surface area contributed by atoms with Gasteiger partial charge in [0.15, 0.2) is 0 Å². The molecule has 3 N–H and O–H groups in total. The summed E-state index contributed by atoms with van der Waals surface area (Å²) < 4.78 is 0. The predicted octanol–water partition coefficient (Wildman–Crippen LogP) is 3.57. The topological polar surface area (TPSA) is 65.1 Å². The van der Waals surface area contributed by atoms with Crippen molar-refractivity contribution in [1.82, 2.24) is 10.3 Å². The van der Waals surface area contributed by atoms with Crippen LogP contribution in [0.15, 0.2) is 54.7 Å². The van der Waals surface area contributed by atoms with E-state index in [2.05, 4.69) is 10.3 Å². The molecule has 134 valence electrons. The van der Waals surface area contributed by atoms with Crippen molar-refractivity contribution in [3.05, 3.63) is 70.9 Å². The average Bonchev–Trinajstić information content (AvgIpc) is 3.38. The van der Waals surface area contributed by atoms with Crippen LogP contribution in [0.3, 0.4) is 0 Å². The molecule has 4 rings (SSSR count). The SMILES string of the molecule is O=C(N[C@H](CO)Cc1c[nH]c2ccccc12)C1(c2ccc(Cl)cc2)CC1. The lowest BCUT2D eigenvalue weighted by atomic mass is 9.94. The first kappa shape index (κ1) is 17.1. The number of hydrogen-bond donors (Lipinski definition) is 3. The molecule has 5 heteroatoms. The zero-order chi connectivity index (χ0) is 18.1. The number of carbonyl (C=O) groups excluding carboxylic acids is 1. The summed E-state index contributed by atoms with van der Waals surface area (Å²) in [6, 6.07) is 15.2. The highest BCUT2D eigenvalue weighted by Crippen LogP contribution is 2.48.